The van der Waals surface area contributed by atoms with Gasteiger partial charge in [0.2, 0.25) is 0 Å². The van der Waals surface area contributed by atoms with E-state index in [2.05, 4.69) is 329 Å². The Morgan fingerprint density at radius 1 is 0.365 bits per heavy atom. The van der Waals surface area contributed by atoms with Crippen molar-refractivity contribution in [2.45, 2.75) is 43.6 Å². The lowest BCUT2D eigenvalue weighted by Gasteiger charge is -2.37. The maximum Gasteiger partial charge on any atom is 0.0722 e. The van der Waals surface area contributed by atoms with Gasteiger partial charge in [0, 0.05) is 62.6 Å². The summed E-state index contributed by atoms with van der Waals surface area (Å²) in [6.45, 7) is 0. The van der Waals surface area contributed by atoms with Gasteiger partial charge in [0.1, 0.15) is 0 Å². The normalized spacial score (nSPS) is 16.9. The van der Waals surface area contributed by atoms with E-state index in [4.69, 9.17) is 0 Å². The molecule has 0 saturated carbocycles. The molecule has 11 aromatic carbocycles. The first-order valence-corrected chi connectivity index (χ1v) is 30.1. The lowest BCUT2D eigenvalue weighted by Crippen LogP contribution is -2.32. The second kappa shape index (κ2) is 21.1. The molecule has 2 unspecified atom stereocenters. The van der Waals surface area contributed by atoms with Crippen molar-refractivity contribution >= 4 is 73.6 Å². The Morgan fingerprint density at radius 3 is 1.48 bits per heavy atom. The summed E-state index contributed by atoms with van der Waals surface area (Å²) in [7, 11) is 0. The fraction of sp³-hybridized carbons (Fsp3) is 0.0864. The molecule has 0 amide bonds. The summed E-state index contributed by atoms with van der Waals surface area (Å²) in [4.78, 5) is 9.98. The number of aryl methyl sites for hydroxylation is 1. The van der Waals surface area contributed by atoms with Gasteiger partial charge in [0.15, 0.2) is 0 Å². The van der Waals surface area contributed by atoms with E-state index in [0.29, 0.717) is 0 Å². The van der Waals surface area contributed by atoms with Crippen molar-refractivity contribution in [2.24, 2.45) is 0 Å². The first-order chi connectivity index (χ1) is 42.2. The van der Waals surface area contributed by atoms with Crippen molar-refractivity contribution < 1.29 is 0 Å². The smallest absolute Gasteiger partial charge is 0.0722 e. The summed E-state index contributed by atoms with van der Waals surface area (Å²) >= 11 is 0. The third-order valence-electron chi connectivity index (χ3n) is 18.2. The van der Waals surface area contributed by atoms with Gasteiger partial charge in [0.25, 0.3) is 0 Å². The number of hydrogen-bond acceptors (Lipinski definition) is 4. The Hall–Kier alpha value is -10.4. The Labute approximate surface area is 498 Å². The third kappa shape index (κ3) is 8.58. The molecule has 0 bridgehead atoms. The van der Waals surface area contributed by atoms with Gasteiger partial charge in [0.05, 0.1) is 11.5 Å². The first kappa shape index (κ1) is 50.3. The standard InChI is InChI=1S/C81H62N4/c1-7-27-61(28-8-1)82(62-29-9-2-10-30-62)69-43-47-77-73(53-69)75-55-71(84(65-35-15-5-16-36-65)67-41-39-57-23-19-21-25-59(57)51-67)45-49-79(75)81(77)78-48-44-70(83(63-31-11-3-12-32-63)64-33-13-4-14-34-64)54-74(78)76-56-72(46-50-80(76)81)85(66-37-17-6-18-38-66)68-42-40-58-24-20-22-26-60(58)52-68/h1-3,5-13,15-39,41,43-52,54-56,69H,4,14,40,42,53H2. The van der Waals surface area contributed by atoms with E-state index in [-0.39, 0.29) is 6.04 Å². The minimum absolute atomic E-state index is 0.0237. The average Bonchev–Trinajstić information content (AvgIpc) is 1.58. The summed E-state index contributed by atoms with van der Waals surface area (Å²) < 4.78 is 0. The molecule has 0 fully saturated rings. The Balaban J connectivity index is 0.948. The molecule has 16 rings (SSSR count). The van der Waals surface area contributed by atoms with E-state index in [0.717, 1.165) is 71.9 Å². The summed E-state index contributed by atoms with van der Waals surface area (Å²) in [5.74, 6) is 0. The van der Waals surface area contributed by atoms with Crippen molar-refractivity contribution in [3.63, 3.8) is 0 Å². The molecule has 406 valence electrons. The predicted octanol–water partition coefficient (Wildman–Crippen LogP) is 21.1. The number of rotatable bonds is 12. The van der Waals surface area contributed by atoms with Crippen LogP contribution >= 0.6 is 0 Å². The van der Waals surface area contributed by atoms with Crippen LogP contribution in [0.25, 0.3) is 33.5 Å². The van der Waals surface area contributed by atoms with Crippen molar-refractivity contribution in [3.8, 4) is 11.1 Å². The molecule has 5 aliphatic carbocycles. The van der Waals surface area contributed by atoms with Gasteiger partial charge in [-0.3, -0.25) is 0 Å². The molecule has 0 radical (unpaired) electrons. The van der Waals surface area contributed by atoms with E-state index in [1.807, 2.05) is 0 Å². The van der Waals surface area contributed by atoms with Crippen molar-refractivity contribution in [1.29, 1.82) is 0 Å². The van der Waals surface area contributed by atoms with Crippen molar-refractivity contribution in [1.82, 2.24) is 0 Å². The van der Waals surface area contributed by atoms with Gasteiger partial charge in [-0.15, -0.1) is 0 Å². The second-order valence-corrected chi connectivity index (χ2v) is 23.0. The van der Waals surface area contributed by atoms with Gasteiger partial charge in [-0.05, 0) is 220 Å². The van der Waals surface area contributed by atoms with E-state index < -0.39 is 5.41 Å². The maximum absolute atomic E-state index is 2.54. The zero-order valence-corrected chi connectivity index (χ0v) is 47.3. The molecule has 0 heterocycles. The fourth-order valence-corrected chi connectivity index (χ4v) is 14.5. The molecule has 2 atom stereocenters. The van der Waals surface area contributed by atoms with Crippen LogP contribution in [0.4, 0.5) is 51.2 Å². The van der Waals surface area contributed by atoms with Gasteiger partial charge >= 0.3 is 0 Å². The number of nitrogens with zero attached hydrogens (tertiary/aromatic N) is 4. The van der Waals surface area contributed by atoms with Crippen molar-refractivity contribution in [3.05, 3.63) is 354 Å². The van der Waals surface area contributed by atoms with Gasteiger partial charge < -0.3 is 19.6 Å². The minimum atomic E-state index is -0.639. The van der Waals surface area contributed by atoms with E-state index >= 15 is 0 Å². The molecule has 0 N–H and O–H groups in total. The SMILES string of the molecule is C1=CC(N(c2ccccc2)c2ccc3c(c2)-c2cc(N(C4=Cc5ccccc5CC4)c4ccccc4)ccc2C32C3=C(CC(N(c4ccccc4)c4ccccc4)C=C3)c3cc(N(c4ccccc4)c4ccc5ccccc5c4)ccc32)=CCC1. The molecule has 0 aromatic heterocycles. The molecule has 5 aliphatic rings. The molecule has 0 saturated heterocycles. The zero-order chi connectivity index (χ0) is 56.3. The Morgan fingerprint density at radius 2 is 0.859 bits per heavy atom. The lowest BCUT2D eigenvalue weighted by atomic mass is 9.69. The number of benzene rings is 11. The number of anilines is 9. The number of hydrogen-bond donors (Lipinski definition) is 0. The van der Waals surface area contributed by atoms with Crippen LogP contribution in [-0.2, 0) is 11.8 Å². The molecule has 85 heavy (non-hydrogen) atoms. The molecule has 11 aromatic rings. The van der Waals surface area contributed by atoms with Crippen LogP contribution in [0.2, 0.25) is 0 Å². The second-order valence-electron chi connectivity index (χ2n) is 23.0. The molecular formula is C81H62N4. The van der Waals surface area contributed by atoms with Crippen LogP contribution in [0.5, 0.6) is 0 Å². The van der Waals surface area contributed by atoms with Crippen LogP contribution < -0.4 is 19.6 Å². The van der Waals surface area contributed by atoms with E-state index in [9.17, 15) is 0 Å². The van der Waals surface area contributed by atoms with Gasteiger partial charge in [-0.1, -0.05) is 188 Å². The van der Waals surface area contributed by atoms with Gasteiger partial charge in [-0.25, -0.2) is 0 Å². The fourth-order valence-electron chi connectivity index (χ4n) is 14.5. The van der Waals surface area contributed by atoms with Crippen LogP contribution in [0.1, 0.15) is 59.1 Å². The molecule has 0 aliphatic heterocycles. The summed E-state index contributed by atoms with van der Waals surface area (Å²) in [5, 5.41) is 2.44. The van der Waals surface area contributed by atoms with Crippen LogP contribution in [-0.4, -0.2) is 6.04 Å². The maximum atomic E-state index is 2.54. The largest absolute Gasteiger partial charge is 0.334 e. The quantitative estimate of drug-likeness (QED) is 0.121. The van der Waals surface area contributed by atoms with Gasteiger partial charge in [-0.2, -0.15) is 0 Å². The number of allylic oxidation sites excluding steroid dienone is 6. The third-order valence-corrected chi connectivity index (χ3v) is 18.2. The topological polar surface area (TPSA) is 13.0 Å². The van der Waals surface area contributed by atoms with Crippen LogP contribution in [0.15, 0.2) is 320 Å². The highest BCUT2D eigenvalue weighted by molar-refractivity contribution is 6.00. The van der Waals surface area contributed by atoms with E-state index in [1.165, 1.54) is 89.2 Å². The van der Waals surface area contributed by atoms with Crippen LogP contribution in [0.3, 0.4) is 0 Å². The number of para-hydroxylation sites is 5. The van der Waals surface area contributed by atoms with Crippen LogP contribution in [0, 0.1) is 0 Å². The Bertz CT molecular complexity index is 4480. The first-order valence-electron chi connectivity index (χ1n) is 30.1. The summed E-state index contributed by atoms with van der Waals surface area (Å²) in [5.41, 5.74) is 25.3. The highest BCUT2D eigenvalue weighted by Crippen LogP contribution is 2.65. The molecular weight excluding hydrogens is 1030 g/mol. The Kier molecular flexibility index (Phi) is 12.5. The monoisotopic (exact) mass is 1090 g/mol. The highest BCUT2D eigenvalue weighted by atomic mass is 15.2. The minimum Gasteiger partial charge on any atom is -0.334 e. The molecule has 1 spiro atoms. The van der Waals surface area contributed by atoms with Crippen molar-refractivity contribution in [2.75, 3.05) is 19.6 Å². The number of fused-ring (bicyclic) bond motifs is 11. The van der Waals surface area contributed by atoms with E-state index in [1.54, 1.807) is 0 Å². The summed E-state index contributed by atoms with van der Waals surface area (Å²) in [6.07, 6.45) is 19.2. The lowest BCUT2D eigenvalue weighted by molar-refractivity contribution is 0.755. The highest BCUT2D eigenvalue weighted by Gasteiger charge is 2.54. The molecule has 4 heteroatoms. The molecule has 4 nitrogen and oxygen atoms in total. The average molecular weight is 1090 g/mol. The summed E-state index contributed by atoms with van der Waals surface area (Å²) in [6, 6.07) is 101. The zero-order valence-electron chi connectivity index (χ0n) is 47.3. The predicted molar refractivity (Wildman–Crippen MR) is 356 cm³/mol.